The van der Waals surface area contributed by atoms with Gasteiger partial charge in [0.1, 0.15) is 0 Å². The molecule has 0 unspecified atom stereocenters. The predicted molar refractivity (Wildman–Crippen MR) is 64.8 cm³/mol. The molecule has 1 aromatic carbocycles. The molecule has 0 bridgehead atoms. The first-order chi connectivity index (χ1) is 8.12. The fourth-order valence-electron chi connectivity index (χ4n) is 1.62. The zero-order chi connectivity index (χ0) is 12.5. The monoisotopic (exact) mass is 255 g/mol. The van der Waals surface area contributed by atoms with Crippen molar-refractivity contribution >= 4 is 17.5 Å². The van der Waals surface area contributed by atoms with Crippen LogP contribution in [0.5, 0.6) is 11.5 Å². The number of methoxy groups -OCH3 is 1. The number of carbonyl (C=O) groups excluding carboxylic acids is 1. The summed E-state index contributed by atoms with van der Waals surface area (Å²) in [5.41, 5.74) is -0.0746. The molecule has 2 rings (SSSR count). The SMILES string of the molecule is COc1cccc(C(=O)NC2(CCl)CC2)c1O. The van der Waals surface area contributed by atoms with Crippen LogP contribution in [0.4, 0.5) is 0 Å². The van der Waals surface area contributed by atoms with Gasteiger partial charge in [0, 0.05) is 5.88 Å². The minimum Gasteiger partial charge on any atom is -0.504 e. The zero-order valence-electron chi connectivity index (χ0n) is 9.50. The third-order valence-electron chi connectivity index (χ3n) is 2.95. The Balaban J connectivity index is 2.19. The molecule has 1 fully saturated rings. The molecule has 0 heterocycles. The van der Waals surface area contributed by atoms with E-state index in [1.807, 2.05) is 0 Å². The summed E-state index contributed by atoms with van der Waals surface area (Å²) in [7, 11) is 1.44. The van der Waals surface area contributed by atoms with Gasteiger partial charge in [0.15, 0.2) is 11.5 Å². The molecule has 2 N–H and O–H groups in total. The molecule has 0 spiro atoms. The molecule has 5 heteroatoms. The average molecular weight is 256 g/mol. The number of benzene rings is 1. The standard InChI is InChI=1S/C12H14ClNO3/c1-17-9-4-2-3-8(10(9)15)11(16)14-12(7-13)5-6-12/h2-4,15H,5-7H2,1H3,(H,14,16). The molecule has 0 aliphatic heterocycles. The minimum absolute atomic E-state index is 0.141. The lowest BCUT2D eigenvalue weighted by atomic mass is 10.1. The van der Waals surface area contributed by atoms with Gasteiger partial charge in [0.25, 0.3) is 5.91 Å². The van der Waals surface area contributed by atoms with Crippen LogP contribution < -0.4 is 10.1 Å². The van der Waals surface area contributed by atoms with Crippen LogP contribution >= 0.6 is 11.6 Å². The molecule has 17 heavy (non-hydrogen) atoms. The molecular weight excluding hydrogens is 242 g/mol. The third kappa shape index (κ3) is 2.31. The zero-order valence-corrected chi connectivity index (χ0v) is 10.3. The molecule has 0 radical (unpaired) electrons. The highest BCUT2D eigenvalue weighted by Gasteiger charge is 2.43. The number of alkyl halides is 1. The van der Waals surface area contributed by atoms with Gasteiger partial charge in [-0.05, 0) is 25.0 Å². The number of aromatic hydroxyl groups is 1. The molecule has 0 atom stereocenters. The quantitative estimate of drug-likeness (QED) is 0.808. The molecule has 0 saturated heterocycles. The van der Waals surface area contributed by atoms with Crippen LogP contribution in [0.1, 0.15) is 23.2 Å². The molecule has 0 aromatic heterocycles. The van der Waals surface area contributed by atoms with E-state index in [4.69, 9.17) is 16.3 Å². The van der Waals surface area contributed by atoms with E-state index in [9.17, 15) is 9.90 Å². The van der Waals surface area contributed by atoms with Crippen molar-refractivity contribution in [3.8, 4) is 11.5 Å². The first-order valence-corrected chi connectivity index (χ1v) is 5.90. The molecule has 1 amide bonds. The van der Waals surface area contributed by atoms with Crippen molar-refractivity contribution < 1.29 is 14.6 Å². The summed E-state index contributed by atoms with van der Waals surface area (Å²) < 4.78 is 4.95. The minimum atomic E-state index is -0.320. The topological polar surface area (TPSA) is 58.6 Å². The number of phenolic OH excluding ortho intramolecular Hbond substituents is 1. The molecule has 1 aromatic rings. The highest BCUT2D eigenvalue weighted by molar-refractivity contribution is 6.19. The first-order valence-electron chi connectivity index (χ1n) is 5.36. The summed E-state index contributed by atoms with van der Waals surface area (Å²) in [6, 6.07) is 4.81. The van der Waals surface area contributed by atoms with Crippen molar-refractivity contribution in [3.63, 3.8) is 0 Å². The van der Waals surface area contributed by atoms with E-state index in [-0.39, 0.29) is 28.5 Å². The van der Waals surface area contributed by atoms with Crippen molar-refractivity contribution in [3.05, 3.63) is 23.8 Å². The van der Waals surface area contributed by atoms with Gasteiger partial charge in [-0.3, -0.25) is 4.79 Å². The Kier molecular flexibility index (Phi) is 3.15. The smallest absolute Gasteiger partial charge is 0.255 e. The van der Waals surface area contributed by atoms with Crippen molar-refractivity contribution in [2.45, 2.75) is 18.4 Å². The van der Waals surface area contributed by atoms with Crippen molar-refractivity contribution in [1.82, 2.24) is 5.32 Å². The fraction of sp³-hybridized carbons (Fsp3) is 0.417. The van der Waals surface area contributed by atoms with E-state index in [0.717, 1.165) is 12.8 Å². The maximum Gasteiger partial charge on any atom is 0.255 e. The van der Waals surface area contributed by atoms with Gasteiger partial charge < -0.3 is 15.2 Å². The molecule has 92 valence electrons. The van der Waals surface area contributed by atoms with Crippen LogP contribution in [0.3, 0.4) is 0 Å². The number of hydrogen-bond acceptors (Lipinski definition) is 3. The molecule has 4 nitrogen and oxygen atoms in total. The maximum atomic E-state index is 12.0. The lowest BCUT2D eigenvalue weighted by Crippen LogP contribution is -2.38. The van der Waals surface area contributed by atoms with Crippen LogP contribution in [0.2, 0.25) is 0 Å². The third-order valence-corrected chi connectivity index (χ3v) is 3.46. The van der Waals surface area contributed by atoms with Crippen LogP contribution in [0.15, 0.2) is 18.2 Å². The van der Waals surface area contributed by atoms with E-state index < -0.39 is 0 Å². The van der Waals surface area contributed by atoms with E-state index >= 15 is 0 Å². The Hall–Kier alpha value is -1.42. The Morgan fingerprint density at radius 3 is 2.82 bits per heavy atom. The van der Waals surface area contributed by atoms with Gasteiger partial charge in [-0.15, -0.1) is 11.6 Å². The maximum absolute atomic E-state index is 12.0. The number of carbonyl (C=O) groups is 1. The summed E-state index contributed by atoms with van der Waals surface area (Å²) in [4.78, 5) is 12.0. The molecule has 1 aliphatic carbocycles. The molecular formula is C12H14ClNO3. The Morgan fingerprint density at radius 1 is 1.59 bits per heavy atom. The lowest BCUT2D eigenvalue weighted by molar-refractivity contribution is 0.0932. The molecule has 1 aliphatic rings. The average Bonchev–Trinajstić information content (AvgIpc) is 3.09. The second kappa shape index (κ2) is 4.45. The summed E-state index contributed by atoms with van der Waals surface area (Å²) in [6.07, 6.45) is 1.76. The van der Waals surface area contributed by atoms with Gasteiger partial charge in [0.2, 0.25) is 0 Å². The van der Waals surface area contributed by atoms with E-state index in [1.54, 1.807) is 18.2 Å². The summed E-state index contributed by atoms with van der Waals surface area (Å²) in [5.74, 6) is 0.217. The van der Waals surface area contributed by atoms with Crippen molar-refractivity contribution in [2.24, 2.45) is 0 Å². The number of para-hydroxylation sites is 1. The van der Waals surface area contributed by atoms with Crippen LogP contribution in [-0.2, 0) is 0 Å². The van der Waals surface area contributed by atoms with E-state index in [2.05, 4.69) is 5.32 Å². The van der Waals surface area contributed by atoms with Crippen LogP contribution in [0.25, 0.3) is 0 Å². The first kappa shape index (κ1) is 12.0. The summed E-state index contributed by atoms with van der Waals surface area (Å²) in [5, 5.41) is 12.7. The molecule has 1 saturated carbocycles. The fourth-order valence-corrected chi connectivity index (χ4v) is 1.96. The van der Waals surface area contributed by atoms with Gasteiger partial charge in [-0.25, -0.2) is 0 Å². The Bertz CT molecular complexity index is 443. The number of halogens is 1. The number of nitrogens with one attached hydrogen (secondary N) is 1. The van der Waals surface area contributed by atoms with E-state index in [0.29, 0.717) is 5.88 Å². The van der Waals surface area contributed by atoms with E-state index in [1.165, 1.54) is 7.11 Å². The Morgan fingerprint density at radius 2 is 2.29 bits per heavy atom. The van der Waals surface area contributed by atoms with Gasteiger partial charge in [0.05, 0.1) is 18.2 Å². The van der Waals surface area contributed by atoms with Crippen LogP contribution in [0, 0.1) is 0 Å². The van der Waals surface area contributed by atoms with Crippen LogP contribution in [-0.4, -0.2) is 29.5 Å². The van der Waals surface area contributed by atoms with Gasteiger partial charge in [-0.1, -0.05) is 6.07 Å². The van der Waals surface area contributed by atoms with Crippen molar-refractivity contribution in [2.75, 3.05) is 13.0 Å². The van der Waals surface area contributed by atoms with Crippen molar-refractivity contribution in [1.29, 1.82) is 0 Å². The number of ether oxygens (including phenoxy) is 1. The number of hydrogen-bond donors (Lipinski definition) is 2. The second-order valence-electron chi connectivity index (χ2n) is 4.22. The highest BCUT2D eigenvalue weighted by Crippen LogP contribution is 2.37. The highest BCUT2D eigenvalue weighted by atomic mass is 35.5. The number of phenols is 1. The predicted octanol–water partition coefficient (Wildman–Crippen LogP) is 1.90. The number of amides is 1. The summed E-state index contributed by atoms with van der Waals surface area (Å²) >= 11 is 5.78. The number of rotatable bonds is 4. The summed E-state index contributed by atoms with van der Waals surface area (Å²) in [6.45, 7) is 0. The van der Waals surface area contributed by atoms with Gasteiger partial charge in [-0.2, -0.15) is 0 Å². The lowest BCUT2D eigenvalue weighted by Gasteiger charge is -2.15. The second-order valence-corrected chi connectivity index (χ2v) is 4.49. The Labute approximate surface area is 105 Å². The van der Waals surface area contributed by atoms with Gasteiger partial charge >= 0.3 is 0 Å². The largest absolute Gasteiger partial charge is 0.504 e. The normalized spacial score (nSPS) is 16.4.